The van der Waals surface area contributed by atoms with Crippen LogP contribution in [0, 0.1) is 0 Å². The van der Waals surface area contributed by atoms with Crippen LogP contribution in [0.5, 0.6) is 0 Å². The SMILES string of the molecule is CNC[C@H]1CCCN1C(=O)CS(=O)(=O)c1ccc(Cl)cc1. The van der Waals surface area contributed by atoms with Gasteiger partial charge in [-0.25, -0.2) is 8.42 Å². The number of likely N-dealkylation sites (tertiary alicyclic amines) is 1. The van der Waals surface area contributed by atoms with Crippen LogP contribution in [0.1, 0.15) is 12.8 Å². The van der Waals surface area contributed by atoms with Crippen molar-refractivity contribution < 1.29 is 13.2 Å². The number of benzene rings is 1. The molecule has 1 saturated heterocycles. The first kappa shape index (κ1) is 16.3. The van der Waals surface area contributed by atoms with Crippen molar-refractivity contribution in [2.45, 2.75) is 23.8 Å². The zero-order valence-electron chi connectivity index (χ0n) is 11.9. The Hall–Kier alpha value is -1.11. The number of hydrogen-bond acceptors (Lipinski definition) is 4. The molecule has 5 nitrogen and oxygen atoms in total. The van der Waals surface area contributed by atoms with Gasteiger partial charge in [0, 0.05) is 24.2 Å². The number of carbonyl (C=O) groups excluding carboxylic acids is 1. The summed E-state index contributed by atoms with van der Waals surface area (Å²) in [5, 5.41) is 3.50. The average molecular weight is 331 g/mol. The standard InChI is InChI=1S/C14H19ClN2O3S/c1-16-9-12-3-2-8-17(12)14(18)10-21(19,20)13-6-4-11(15)5-7-13/h4-7,12,16H,2-3,8-10H2,1H3/t12-/m1/s1. The molecule has 1 N–H and O–H groups in total. The predicted octanol–water partition coefficient (Wildman–Crippen LogP) is 1.32. The molecule has 0 saturated carbocycles. The molecular formula is C14H19ClN2O3S. The van der Waals surface area contributed by atoms with E-state index in [0.29, 0.717) is 18.1 Å². The highest BCUT2D eigenvalue weighted by Gasteiger charge is 2.31. The van der Waals surface area contributed by atoms with Crippen LogP contribution >= 0.6 is 11.6 Å². The van der Waals surface area contributed by atoms with Crippen molar-refractivity contribution in [3.05, 3.63) is 29.3 Å². The van der Waals surface area contributed by atoms with E-state index in [4.69, 9.17) is 11.6 Å². The third kappa shape index (κ3) is 3.96. The third-order valence-corrected chi connectivity index (χ3v) is 5.49. The molecule has 1 aromatic rings. The van der Waals surface area contributed by atoms with Gasteiger partial charge in [-0.1, -0.05) is 11.6 Å². The summed E-state index contributed by atoms with van der Waals surface area (Å²) in [5.41, 5.74) is 0. The minimum absolute atomic E-state index is 0.0860. The molecule has 1 aliphatic rings. The third-order valence-electron chi connectivity index (χ3n) is 3.62. The summed E-state index contributed by atoms with van der Waals surface area (Å²) in [7, 11) is -1.80. The van der Waals surface area contributed by atoms with Crippen molar-refractivity contribution in [2.75, 3.05) is 25.9 Å². The molecule has 1 amide bonds. The highest BCUT2D eigenvalue weighted by molar-refractivity contribution is 7.92. The fraction of sp³-hybridized carbons (Fsp3) is 0.500. The smallest absolute Gasteiger partial charge is 0.238 e. The molecule has 0 spiro atoms. The molecule has 2 rings (SSSR count). The van der Waals surface area contributed by atoms with E-state index in [1.807, 2.05) is 7.05 Å². The maximum atomic E-state index is 12.3. The lowest BCUT2D eigenvalue weighted by Crippen LogP contribution is -2.43. The molecule has 1 atom stereocenters. The molecule has 1 fully saturated rings. The van der Waals surface area contributed by atoms with E-state index in [0.717, 1.165) is 12.8 Å². The Balaban J connectivity index is 2.09. The second kappa shape index (κ2) is 6.77. The number of likely N-dealkylation sites (N-methyl/N-ethyl adjacent to an activating group) is 1. The molecular weight excluding hydrogens is 312 g/mol. The first-order chi connectivity index (χ1) is 9.94. The fourth-order valence-electron chi connectivity index (χ4n) is 2.58. The highest BCUT2D eigenvalue weighted by atomic mass is 35.5. The summed E-state index contributed by atoms with van der Waals surface area (Å²) in [4.78, 5) is 14.1. The number of hydrogen-bond donors (Lipinski definition) is 1. The number of rotatable bonds is 5. The molecule has 1 aliphatic heterocycles. The summed E-state index contributed by atoms with van der Waals surface area (Å²) in [6.07, 6.45) is 1.83. The fourth-order valence-corrected chi connectivity index (χ4v) is 3.92. The molecule has 1 heterocycles. The molecule has 116 valence electrons. The van der Waals surface area contributed by atoms with Gasteiger partial charge >= 0.3 is 0 Å². The van der Waals surface area contributed by atoms with Crippen LogP contribution < -0.4 is 5.32 Å². The summed E-state index contributed by atoms with van der Waals surface area (Å²) in [6.45, 7) is 1.31. The number of nitrogens with zero attached hydrogens (tertiary/aromatic N) is 1. The van der Waals surface area contributed by atoms with Crippen molar-refractivity contribution in [3.8, 4) is 0 Å². The molecule has 0 radical (unpaired) electrons. The Labute approximate surface area is 130 Å². The van der Waals surface area contributed by atoms with Crippen LogP contribution in [-0.4, -0.2) is 51.2 Å². The monoisotopic (exact) mass is 330 g/mol. The van der Waals surface area contributed by atoms with E-state index in [1.54, 1.807) is 4.90 Å². The number of sulfone groups is 1. The molecule has 0 unspecified atom stereocenters. The molecule has 7 heteroatoms. The van der Waals surface area contributed by atoms with Gasteiger partial charge in [-0.3, -0.25) is 4.79 Å². The zero-order valence-corrected chi connectivity index (χ0v) is 13.5. The lowest BCUT2D eigenvalue weighted by Gasteiger charge is -2.24. The van der Waals surface area contributed by atoms with Crippen LogP contribution in [0.15, 0.2) is 29.2 Å². The largest absolute Gasteiger partial charge is 0.338 e. The van der Waals surface area contributed by atoms with Gasteiger partial charge in [0.15, 0.2) is 9.84 Å². The van der Waals surface area contributed by atoms with Gasteiger partial charge < -0.3 is 10.2 Å². The Morgan fingerprint density at radius 1 is 1.38 bits per heavy atom. The summed E-state index contributed by atoms with van der Waals surface area (Å²) in [6, 6.07) is 5.97. The zero-order chi connectivity index (χ0) is 15.5. The Bertz CT molecular complexity index is 601. The second-order valence-electron chi connectivity index (χ2n) is 5.15. The van der Waals surface area contributed by atoms with Gasteiger partial charge in [-0.2, -0.15) is 0 Å². The second-order valence-corrected chi connectivity index (χ2v) is 7.58. The quantitative estimate of drug-likeness (QED) is 0.884. The molecule has 0 aromatic heterocycles. The molecule has 1 aromatic carbocycles. The number of halogens is 1. The van der Waals surface area contributed by atoms with Gasteiger partial charge in [0.2, 0.25) is 5.91 Å². The van der Waals surface area contributed by atoms with Crippen molar-refractivity contribution in [1.82, 2.24) is 10.2 Å². The van der Waals surface area contributed by atoms with E-state index >= 15 is 0 Å². The van der Waals surface area contributed by atoms with E-state index in [9.17, 15) is 13.2 Å². The van der Waals surface area contributed by atoms with E-state index in [2.05, 4.69) is 5.32 Å². The summed E-state index contributed by atoms with van der Waals surface area (Å²) < 4.78 is 24.5. The van der Waals surface area contributed by atoms with Crippen molar-refractivity contribution >= 4 is 27.3 Å². The van der Waals surface area contributed by atoms with Crippen LogP contribution in [0.4, 0.5) is 0 Å². The maximum absolute atomic E-state index is 12.3. The Morgan fingerprint density at radius 2 is 2.05 bits per heavy atom. The number of amides is 1. The molecule has 0 aliphatic carbocycles. The molecule has 0 bridgehead atoms. The minimum atomic E-state index is -3.62. The lowest BCUT2D eigenvalue weighted by molar-refractivity contribution is -0.129. The topological polar surface area (TPSA) is 66.5 Å². The maximum Gasteiger partial charge on any atom is 0.238 e. The van der Waals surface area contributed by atoms with Crippen molar-refractivity contribution in [1.29, 1.82) is 0 Å². The minimum Gasteiger partial charge on any atom is -0.338 e. The van der Waals surface area contributed by atoms with Crippen LogP contribution in [-0.2, 0) is 14.6 Å². The summed E-state index contributed by atoms with van der Waals surface area (Å²) >= 11 is 5.75. The van der Waals surface area contributed by atoms with Crippen LogP contribution in [0.3, 0.4) is 0 Å². The lowest BCUT2D eigenvalue weighted by atomic mass is 10.2. The van der Waals surface area contributed by atoms with Gasteiger partial charge in [-0.05, 0) is 44.2 Å². The predicted molar refractivity (Wildman–Crippen MR) is 82.2 cm³/mol. The Kier molecular flexibility index (Phi) is 5.24. The first-order valence-electron chi connectivity index (χ1n) is 6.86. The molecule has 21 heavy (non-hydrogen) atoms. The van der Waals surface area contributed by atoms with E-state index in [1.165, 1.54) is 24.3 Å². The first-order valence-corrected chi connectivity index (χ1v) is 8.89. The van der Waals surface area contributed by atoms with Gasteiger partial charge in [0.05, 0.1) is 4.90 Å². The Morgan fingerprint density at radius 3 is 2.67 bits per heavy atom. The van der Waals surface area contributed by atoms with Crippen molar-refractivity contribution in [3.63, 3.8) is 0 Å². The number of nitrogens with one attached hydrogen (secondary N) is 1. The number of carbonyl (C=O) groups is 1. The van der Waals surface area contributed by atoms with Gasteiger partial charge in [-0.15, -0.1) is 0 Å². The average Bonchev–Trinajstić information content (AvgIpc) is 2.87. The van der Waals surface area contributed by atoms with Gasteiger partial charge in [0.25, 0.3) is 0 Å². The van der Waals surface area contributed by atoms with E-state index < -0.39 is 15.6 Å². The van der Waals surface area contributed by atoms with Crippen molar-refractivity contribution in [2.24, 2.45) is 0 Å². The van der Waals surface area contributed by atoms with Crippen LogP contribution in [0.25, 0.3) is 0 Å². The van der Waals surface area contributed by atoms with E-state index in [-0.39, 0.29) is 16.8 Å². The van der Waals surface area contributed by atoms with Crippen LogP contribution in [0.2, 0.25) is 5.02 Å². The normalized spacial score (nSPS) is 19.0. The summed E-state index contributed by atoms with van der Waals surface area (Å²) in [5.74, 6) is -0.822. The highest BCUT2D eigenvalue weighted by Crippen LogP contribution is 2.20. The van der Waals surface area contributed by atoms with Gasteiger partial charge in [0.1, 0.15) is 5.75 Å².